The predicted molar refractivity (Wildman–Crippen MR) is 193 cm³/mol. The second kappa shape index (κ2) is 9.64. The number of halogens is 1. The molecule has 2 nitrogen and oxygen atoms in total. The van der Waals surface area contributed by atoms with Crippen LogP contribution in [0.15, 0.2) is 152 Å². The van der Waals surface area contributed by atoms with E-state index in [2.05, 4.69) is 143 Å². The van der Waals surface area contributed by atoms with Crippen LogP contribution < -0.4 is 0 Å². The summed E-state index contributed by atoms with van der Waals surface area (Å²) in [6.45, 7) is 0. The molecule has 10 aromatic rings. The minimum Gasteiger partial charge on any atom is -0.309 e. The van der Waals surface area contributed by atoms with Crippen molar-refractivity contribution < 1.29 is 4.39 Å². The molecule has 46 heavy (non-hydrogen) atoms. The summed E-state index contributed by atoms with van der Waals surface area (Å²) in [4.78, 5) is 0. The Bertz CT molecular complexity index is 2800. The molecule has 7 aromatic carbocycles. The van der Waals surface area contributed by atoms with Gasteiger partial charge < -0.3 is 9.13 Å². The van der Waals surface area contributed by atoms with E-state index in [1.807, 2.05) is 6.07 Å². The Kier molecular flexibility index (Phi) is 5.37. The molecule has 0 bridgehead atoms. The number of hydrogen-bond acceptors (Lipinski definition) is 1. The summed E-state index contributed by atoms with van der Waals surface area (Å²) in [7, 11) is 0. The summed E-state index contributed by atoms with van der Waals surface area (Å²) < 4.78 is 21.0. The van der Waals surface area contributed by atoms with Crippen molar-refractivity contribution >= 4 is 75.1 Å². The molecule has 10 rings (SSSR count). The van der Waals surface area contributed by atoms with E-state index in [4.69, 9.17) is 0 Å². The second-order valence-corrected chi connectivity index (χ2v) is 13.0. The predicted octanol–water partition coefficient (Wildman–Crippen LogP) is 12.1. The molecule has 0 saturated carbocycles. The third kappa shape index (κ3) is 3.62. The average Bonchev–Trinajstić information content (AvgIpc) is 3.74. The second-order valence-electron chi connectivity index (χ2n) is 11.9. The largest absolute Gasteiger partial charge is 0.309 e. The number of nitrogens with zero attached hydrogens (tertiary/aromatic N) is 2. The van der Waals surface area contributed by atoms with E-state index in [0.29, 0.717) is 0 Å². The van der Waals surface area contributed by atoms with Crippen LogP contribution in [0, 0.1) is 5.82 Å². The smallest absolute Gasteiger partial charge is 0.124 e. The van der Waals surface area contributed by atoms with Crippen LogP contribution in [0.1, 0.15) is 0 Å². The van der Waals surface area contributed by atoms with Crippen LogP contribution in [0.5, 0.6) is 0 Å². The Hall–Kier alpha value is -5.71. The standard InChI is InChI=1S/C42H25FN2S/c43-27-19-22-33-34-14-8-13-30(42(34)46-41(33)23-27)26-17-20-29(21-18-26)45-38-16-7-5-12-32(38)36-24-35-31-11-4-6-15-37(31)44(39(35)25-40(36)45)28-9-2-1-3-10-28/h1-25H. The number of benzene rings is 7. The monoisotopic (exact) mass is 608 g/mol. The van der Waals surface area contributed by atoms with Crippen LogP contribution in [0.2, 0.25) is 0 Å². The van der Waals surface area contributed by atoms with E-state index in [9.17, 15) is 4.39 Å². The Labute approximate surface area is 267 Å². The fourth-order valence-corrected chi connectivity index (χ4v) is 8.62. The molecule has 0 aliphatic heterocycles. The summed E-state index contributed by atoms with van der Waals surface area (Å²) in [5.41, 5.74) is 9.33. The molecular weight excluding hydrogens is 584 g/mol. The molecule has 0 atom stereocenters. The molecule has 0 aliphatic carbocycles. The molecule has 0 unspecified atom stereocenters. The summed E-state index contributed by atoms with van der Waals surface area (Å²) >= 11 is 1.66. The topological polar surface area (TPSA) is 9.86 Å². The molecule has 3 aromatic heterocycles. The third-order valence-electron chi connectivity index (χ3n) is 9.38. The van der Waals surface area contributed by atoms with E-state index in [1.54, 1.807) is 23.5 Å². The number of fused-ring (bicyclic) bond motifs is 9. The van der Waals surface area contributed by atoms with Gasteiger partial charge in [-0.05, 0) is 71.8 Å². The van der Waals surface area contributed by atoms with Gasteiger partial charge in [-0.1, -0.05) is 91.0 Å². The van der Waals surface area contributed by atoms with Gasteiger partial charge in [0.25, 0.3) is 0 Å². The van der Waals surface area contributed by atoms with Crippen molar-refractivity contribution in [2.24, 2.45) is 0 Å². The number of rotatable bonds is 3. The SMILES string of the molecule is Fc1ccc2c(c1)sc1c(-c3ccc(-n4c5ccccc5c5cc6c7ccccc7n(-c7ccccc7)c6cc54)cc3)cccc12. The van der Waals surface area contributed by atoms with Crippen LogP contribution in [0.25, 0.3) is 86.3 Å². The molecular formula is C42H25FN2S. The quantitative estimate of drug-likeness (QED) is 0.189. The molecule has 0 amide bonds. The molecule has 0 spiro atoms. The van der Waals surface area contributed by atoms with Crippen LogP contribution in [0.3, 0.4) is 0 Å². The maximum absolute atomic E-state index is 14.0. The maximum Gasteiger partial charge on any atom is 0.124 e. The van der Waals surface area contributed by atoms with E-state index in [1.165, 1.54) is 59.3 Å². The maximum atomic E-state index is 14.0. The minimum atomic E-state index is -0.197. The van der Waals surface area contributed by atoms with Crippen LogP contribution in [-0.4, -0.2) is 9.13 Å². The Morgan fingerprint density at radius 3 is 1.72 bits per heavy atom. The van der Waals surface area contributed by atoms with Crippen molar-refractivity contribution in [3.8, 4) is 22.5 Å². The van der Waals surface area contributed by atoms with Crippen molar-refractivity contribution in [2.75, 3.05) is 0 Å². The highest BCUT2D eigenvalue weighted by molar-refractivity contribution is 7.26. The third-order valence-corrected chi connectivity index (χ3v) is 10.6. The normalized spacial score (nSPS) is 12.0. The molecule has 0 radical (unpaired) electrons. The number of aromatic nitrogens is 2. The lowest BCUT2D eigenvalue weighted by Crippen LogP contribution is -1.95. The van der Waals surface area contributed by atoms with Gasteiger partial charge in [-0.15, -0.1) is 11.3 Å². The average molecular weight is 609 g/mol. The first-order chi connectivity index (χ1) is 22.7. The van der Waals surface area contributed by atoms with Crippen molar-refractivity contribution in [1.82, 2.24) is 9.13 Å². The molecule has 216 valence electrons. The Morgan fingerprint density at radius 2 is 1.02 bits per heavy atom. The zero-order valence-electron chi connectivity index (χ0n) is 24.6. The van der Waals surface area contributed by atoms with Crippen molar-refractivity contribution in [3.63, 3.8) is 0 Å². The fourth-order valence-electron chi connectivity index (χ4n) is 7.35. The zero-order chi connectivity index (χ0) is 30.4. The minimum absolute atomic E-state index is 0.197. The van der Waals surface area contributed by atoms with E-state index < -0.39 is 0 Å². The van der Waals surface area contributed by atoms with Crippen molar-refractivity contribution in [1.29, 1.82) is 0 Å². The lowest BCUT2D eigenvalue weighted by atomic mass is 10.0. The first-order valence-corrected chi connectivity index (χ1v) is 16.3. The lowest BCUT2D eigenvalue weighted by Gasteiger charge is -2.11. The highest BCUT2D eigenvalue weighted by Gasteiger charge is 2.18. The zero-order valence-corrected chi connectivity index (χ0v) is 25.4. The summed E-state index contributed by atoms with van der Waals surface area (Å²) in [6, 6.07) is 53.1. The van der Waals surface area contributed by atoms with Gasteiger partial charge in [0.1, 0.15) is 5.82 Å². The molecule has 0 fully saturated rings. The lowest BCUT2D eigenvalue weighted by molar-refractivity contribution is 0.630. The van der Waals surface area contributed by atoms with Crippen molar-refractivity contribution in [2.45, 2.75) is 0 Å². The van der Waals surface area contributed by atoms with Gasteiger partial charge in [0.15, 0.2) is 0 Å². The van der Waals surface area contributed by atoms with Gasteiger partial charge in [0.05, 0.1) is 22.1 Å². The van der Waals surface area contributed by atoms with E-state index >= 15 is 0 Å². The molecule has 4 heteroatoms. The molecule has 0 aliphatic rings. The van der Waals surface area contributed by atoms with Gasteiger partial charge in [0, 0.05) is 53.1 Å². The van der Waals surface area contributed by atoms with Gasteiger partial charge in [-0.2, -0.15) is 0 Å². The molecule has 0 N–H and O–H groups in total. The van der Waals surface area contributed by atoms with E-state index in [0.717, 1.165) is 27.0 Å². The number of thiophene rings is 1. The molecule has 0 saturated heterocycles. The Morgan fingerprint density at radius 1 is 0.413 bits per heavy atom. The Balaban J connectivity index is 1.21. The summed E-state index contributed by atoms with van der Waals surface area (Å²) in [5.74, 6) is -0.197. The van der Waals surface area contributed by atoms with E-state index in [-0.39, 0.29) is 5.82 Å². The number of hydrogen-bond donors (Lipinski definition) is 0. The van der Waals surface area contributed by atoms with Gasteiger partial charge in [-0.3, -0.25) is 0 Å². The van der Waals surface area contributed by atoms with Crippen LogP contribution in [-0.2, 0) is 0 Å². The highest BCUT2D eigenvalue weighted by atomic mass is 32.1. The van der Waals surface area contributed by atoms with Gasteiger partial charge in [-0.25, -0.2) is 4.39 Å². The van der Waals surface area contributed by atoms with Crippen LogP contribution >= 0.6 is 11.3 Å². The summed E-state index contributed by atoms with van der Waals surface area (Å²) in [6.07, 6.45) is 0. The number of para-hydroxylation sites is 3. The first-order valence-electron chi connectivity index (χ1n) is 15.5. The van der Waals surface area contributed by atoms with Crippen LogP contribution in [0.4, 0.5) is 4.39 Å². The highest BCUT2D eigenvalue weighted by Crippen LogP contribution is 2.42. The molecule has 3 heterocycles. The summed E-state index contributed by atoms with van der Waals surface area (Å²) in [5, 5.41) is 7.25. The first kappa shape index (κ1) is 25.6. The fraction of sp³-hybridized carbons (Fsp3) is 0. The van der Waals surface area contributed by atoms with Crippen molar-refractivity contribution in [3.05, 3.63) is 157 Å². The van der Waals surface area contributed by atoms with Gasteiger partial charge in [0.2, 0.25) is 0 Å². The van der Waals surface area contributed by atoms with Gasteiger partial charge >= 0.3 is 0 Å².